The van der Waals surface area contributed by atoms with Crippen molar-refractivity contribution in [1.82, 2.24) is 10.2 Å². The summed E-state index contributed by atoms with van der Waals surface area (Å²) in [6.45, 7) is 3.67. The first kappa shape index (κ1) is 30.3. The second-order valence-corrected chi connectivity index (χ2v) is 11.5. The number of piperidine rings is 1. The number of hydrogen-bond donors (Lipinski definition) is 1. The molecule has 0 amide bonds. The van der Waals surface area contributed by atoms with Crippen molar-refractivity contribution < 1.29 is 22.7 Å². The number of benzene rings is 2. The Bertz CT molecular complexity index is 1090. The van der Waals surface area contributed by atoms with E-state index in [4.69, 9.17) is 21.8 Å². The van der Waals surface area contributed by atoms with Gasteiger partial charge in [0.05, 0.1) is 11.3 Å². The molecule has 0 atom stereocenters. The van der Waals surface area contributed by atoms with E-state index in [2.05, 4.69) is 22.4 Å². The second-order valence-electron chi connectivity index (χ2n) is 11.0. The molecule has 40 heavy (non-hydrogen) atoms. The van der Waals surface area contributed by atoms with E-state index in [0.717, 1.165) is 66.6 Å². The van der Waals surface area contributed by atoms with Gasteiger partial charge in [0.1, 0.15) is 24.0 Å². The molecule has 2 aromatic rings. The van der Waals surface area contributed by atoms with Gasteiger partial charge in [0, 0.05) is 18.9 Å². The zero-order valence-corrected chi connectivity index (χ0v) is 24.0. The number of nitrogens with one attached hydrogen (secondary N) is 1. The molecule has 1 aliphatic heterocycles. The molecule has 5 nitrogen and oxygen atoms in total. The molecule has 0 bridgehead atoms. The predicted molar refractivity (Wildman–Crippen MR) is 157 cm³/mol. The van der Waals surface area contributed by atoms with Gasteiger partial charge in [0.15, 0.2) is 0 Å². The number of hydrogen-bond acceptors (Lipinski definition) is 5. The van der Waals surface area contributed by atoms with E-state index in [0.29, 0.717) is 30.4 Å². The summed E-state index contributed by atoms with van der Waals surface area (Å²) < 4.78 is 44.4. The van der Waals surface area contributed by atoms with E-state index in [-0.39, 0.29) is 6.61 Å². The molecule has 1 saturated heterocycles. The van der Waals surface area contributed by atoms with Crippen molar-refractivity contribution in [3.05, 3.63) is 65.2 Å². The van der Waals surface area contributed by atoms with Gasteiger partial charge in [-0.25, -0.2) is 0 Å². The first-order chi connectivity index (χ1) is 19.3. The molecular weight excluding hydrogens is 535 g/mol. The van der Waals surface area contributed by atoms with Crippen molar-refractivity contribution in [2.45, 2.75) is 64.1 Å². The van der Waals surface area contributed by atoms with Crippen molar-refractivity contribution in [2.75, 3.05) is 33.3 Å². The summed E-state index contributed by atoms with van der Waals surface area (Å²) >= 11 is 5.47. The van der Waals surface area contributed by atoms with Gasteiger partial charge in [-0.1, -0.05) is 60.9 Å². The Morgan fingerprint density at radius 2 is 1.60 bits per heavy atom. The SMILES string of the molecule is CN1CCC(CNC(=S)COc2ccc(CC(=NOCc3ccc(C(F)(F)F)cc3)C3CCCCC3)cc2)CC1. The Morgan fingerprint density at radius 3 is 2.25 bits per heavy atom. The van der Waals surface area contributed by atoms with Crippen LogP contribution in [0.25, 0.3) is 0 Å². The Balaban J connectivity index is 1.27. The van der Waals surface area contributed by atoms with Gasteiger partial charge < -0.3 is 19.8 Å². The van der Waals surface area contributed by atoms with Crippen molar-refractivity contribution in [3.63, 3.8) is 0 Å². The predicted octanol–water partition coefficient (Wildman–Crippen LogP) is 7.04. The fourth-order valence-corrected chi connectivity index (χ4v) is 5.45. The van der Waals surface area contributed by atoms with Crippen molar-refractivity contribution in [3.8, 4) is 5.75 Å². The highest BCUT2D eigenvalue weighted by atomic mass is 32.1. The summed E-state index contributed by atoms with van der Waals surface area (Å²) in [6, 6.07) is 13.0. The maximum absolute atomic E-state index is 12.8. The topological polar surface area (TPSA) is 46.1 Å². The summed E-state index contributed by atoms with van der Waals surface area (Å²) in [4.78, 5) is 8.74. The molecule has 9 heteroatoms. The lowest BCUT2D eigenvalue weighted by atomic mass is 9.84. The number of alkyl halides is 3. The Hall–Kier alpha value is -2.65. The molecule has 1 saturated carbocycles. The van der Waals surface area contributed by atoms with Crippen LogP contribution in [0.2, 0.25) is 0 Å². The standard InChI is InChI=1S/C31H40F3N3O2S/c1-37-17-15-24(16-18-37)20-35-30(40)22-38-28-13-9-23(10-14-28)19-29(26-5-3-2-4-6-26)36-39-21-25-7-11-27(12-8-25)31(32,33)34/h7-14,24,26H,2-6,15-22H2,1H3,(H,35,40). The molecule has 0 spiro atoms. The normalized spacial score (nSPS) is 17.9. The van der Waals surface area contributed by atoms with E-state index >= 15 is 0 Å². The number of nitrogens with zero attached hydrogens (tertiary/aromatic N) is 2. The van der Waals surface area contributed by atoms with E-state index in [1.165, 1.54) is 44.2 Å². The maximum Gasteiger partial charge on any atom is 0.416 e. The van der Waals surface area contributed by atoms with Crippen LogP contribution in [0.1, 0.15) is 61.6 Å². The minimum Gasteiger partial charge on any atom is -0.486 e. The first-order valence-corrected chi connectivity index (χ1v) is 14.7. The maximum atomic E-state index is 12.8. The highest BCUT2D eigenvalue weighted by Gasteiger charge is 2.30. The van der Waals surface area contributed by atoms with Crippen LogP contribution in [-0.2, 0) is 24.0 Å². The fourth-order valence-electron chi connectivity index (χ4n) is 5.30. The summed E-state index contributed by atoms with van der Waals surface area (Å²) in [5, 5.41) is 7.85. The van der Waals surface area contributed by atoms with Gasteiger partial charge in [-0.05, 0) is 87.1 Å². The lowest BCUT2D eigenvalue weighted by molar-refractivity contribution is -0.137. The summed E-state index contributed by atoms with van der Waals surface area (Å²) in [7, 11) is 2.16. The Kier molecular flexibility index (Phi) is 11.2. The van der Waals surface area contributed by atoms with E-state index in [1.807, 2.05) is 24.3 Å². The van der Waals surface area contributed by atoms with Crippen molar-refractivity contribution >= 4 is 22.9 Å². The number of halogens is 3. The monoisotopic (exact) mass is 575 g/mol. The second kappa shape index (κ2) is 14.8. The Morgan fingerprint density at radius 1 is 0.950 bits per heavy atom. The van der Waals surface area contributed by atoms with Gasteiger partial charge in [-0.2, -0.15) is 13.2 Å². The molecule has 2 aliphatic rings. The van der Waals surface area contributed by atoms with Crippen LogP contribution in [0.3, 0.4) is 0 Å². The lowest BCUT2D eigenvalue weighted by Gasteiger charge is -2.29. The average molecular weight is 576 g/mol. The zero-order chi connectivity index (χ0) is 28.4. The van der Waals surface area contributed by atoms with E-state index in [9.17, 15) is 13.2 Å². The summed E-state index contributed by atoms with van der Waals surface area (Å²) in [6.07, 6.45) is 4.42. The van der Waals surface area contributed by atoms with Crippen LogP contribution >= 0.6 is 12.2 Å². The van der Waals surface area contributed by atoms with Crippen LogP contribution in [0.4, 0.5) is 13.2 Å². The molecule has 1 heterocycles. The fraction of sp³-hybridized carbons (Fsp3) is 0.548. The number of thiocarbonyl (C=S) groups is 1. The van der Waals surface area contributed by atoms with Crippen LogP contribution in [0, 0.1) is 11.8 Å². The molecule has 0 aromatic heterocycles. The van der Waals surface area contributed by atoms with Gasteiger partial charge in [-0.15, -0.1) is 0 Å². The van der Waals surface area contributed by atoms with Crippen molar-refractivity contribution in [1.29, 1.82) is 0 Å². The molecule has 218 valence electrons. The first-order valence-electron chi connectivity index (χ1n) is 14.3. The number of rotatable bonds is 11. The third-order valence-electron chi connectivity index (χ3n) is 7.88. The lowest BCUT2D eigenvalue weighted by Crippen LogP contribution is -2.37. The minimum absolute atomic E-state index is 0.132. The summed E-state index contributed by atoms with van der Waals surface area (Å²) in [5.41, 5.74) is 2.08. The molecule has 2 aromatic carbocycles. The molecule has 0 unspecified atom stereocenters. The molecular formula is C31H40F3N3O2S. The van der Waals surface area contributed by atoms with Crippen LogP contribution in [0.15, 0.2) is 53.7 Å². The summed E-state index contributed by atoms with van der Waals surface area (Å²) in [5.74, 6) is 1.78. The van der Waals surface area contributed by atoms with Gasteiger partial charge in [0.25, 0.3) is 0 Å². The van der Waals surface area contributed by atoms with Crippen LogP contribution in [0.5, 0.6) is 5.75 Å². The quantitative estimate of drug-likeness (QED) is 0.177. The van der Waals surface area contributed by atoms with Gasteiger partial charge >= 0.3 is 6.18 Å². The number of oxime groups is 1. The average Bonchev–Trinajstić information content (AvgIpc) is 2.96. The van der Waals surface area contributed by atoms with Gasteiger partial charge in [0.2, 0.25) is 0 Å². The molecule has 1 N–H and O–H groups in total. The molecule has 4 rings (SSSR count). The van der Waals surface area contributed by atoms with E-state index in [1.54, 1.807) is 0 Å². The van der Waals surface area contributed by atoms with Crippen LogP contribution in [-0.4, -0.2) is 48.9 Å². The Labute approximate surface area is 241 Å². The largest absolute Gasteiger partial charge is 0.486 e. The highest BCUT2D eigenvalue weighted by molar-refractivity contribution is 7.80. The molecule has 1 aliphatic carbocycles. The highest BCUT2D eigenvalue weighted by Crippen LogP contribution is 2.30. The number of ether oxygens (including phenoxy) is 1. The van der Waals surface area contributed by atoms with Crippen LogP contribution < -0.4 is 10.1 Å². The third-order valence-corrected chi connectivity index (χ3v) is 8.14. The van der Waals surface area contributed by atoms with Gasteiger partial charge in [-0.3, -0.25) is 0 Å². The van der Waals surface area contributed by atoms with Crippen molar-refractivity contribution in [2.24, 2.45) is 17.0 Å². The third kappa shape index (κ3) is 9.77. The van der Waals surface area contributed by atoms with E-state index < -0.39 is 11.7 Å². The smallest absolute Gasteiger partial charge is 0.416 e. The molecule has 2 fully saturated rings. The number of likely N-dealkylation sites (tertiary alicyclic amines) is 1. The molecule has 0 radical (unpaired) electrons. The zero-order valence-electron chi connectivity index (χ0n) is 23.2. The minimum atomic E-state index is -4.35.